The Morgan fingerprint density at radius 1 is 0.882 bits per heavy atom. The SMILES string of the molecule is O=C(NC(Cc1ccccc1)C(=O)NCc1ccc(Cn2ccnc2)cc1)c1ccc(Cl)cc1. The molecule has 1 unspecified atom stereocenters. The third kappa shape index (κ3) is 6.56. The molecule has 4 rings (SSSR count). The number of aromatic nitrogens is 2. The minimum absolute atomic E-state index is 0.242. The van der Waals surface area contributed by atoms with Crippen LogP contribution in [0.2, 0.25) is 5.02 Å². The van der Waals surface area contributed by atoms with Crippen LogP contribution in [0.3, 0.4) is 0 Å². The molecule has 0 radical (unpaired) electrons. The van der Waals surface area contributed by atoms with E-state index in [1.54, 1.807) is 36.8 Å². The average molecular weight is 473 g/mol. The lowest BCUT2D eigenvalue weighted by Crippen LogP contribution is -2.47. The summed E-state index contributed by atoms with van der Waals surface area (Å²) >= 11 is 5.92. The van der Waals surface area contributed by atoms with Gasteiger partial charge in [-0.15, -0.1) is 0 Å². The van der Waals surface area contributed by atoms with Crippen LogP contribution >= 0.6 is 11.6 Å². The van der Waals surface area contributed by atoms with Gasteiger partial charge in [0.1, 0.15) is 6.04 Å². The number of carbonyl (C=O) groups is 2. The monoisotopic (exact) mass is 472 g/mol. The fourth-order valence-electron chi connectivity index (χ4n) is 3.57. The van der Waals surface area contributed by atoms with Gasteiger partial charge in [-0.05, 0) is 41.0 Å². The van der Waals surface area contributed by atoms with E-state index >= 15 is 0 Å². The molecule has 3 aromatic carbocycles. The first-order valence-corrected chi connectivity index (χ1v) is 11.4. The van der Waals surface area contributed by atoms with Crippen molar-refractivity contribution in [3.05, 3.63) is 125 Å². The molecular weight excluding hydrogens is 448 g/mol. The summed E-state index contributed by atoms with van der Waals surface area (Å²) in [4.78, 5) is 29.9. The van der Waals surface area contributed by atoms with Crippen LogP contribution in [-0.4, -0.2) is 27.4 Å². The van der Waals surface area contributed by atoms with E-state index in [0.717, 1.165) is 23.2 Å². The number of benzene rings is 3. The van der Waals surface area contributed by atoms with Gasteiger partial charge in [0, 0.05) is 42.5 Å². The molecule has 0 spiro atoms. The van der Waals surface area contributed by atoms with Crippen molar-refractivity contribution in [1.82, 2.24) is 20.2 Å². The van der Waals surface area contributed by atoms with Crippen molar-refractivity contribution in [2.75, 3.05) is 0 Å². The highest BCUT2D eigenvalue weighted by molar-refractivity contribution is 6.30. The number of nitrogens with one attached hydrogen (secondary N) is 2. The van der Waals surface area contributed by atoms with Gasteiger partial charge >= 0.3 is 0 Å². The molecule has 0 bridgehead atoms. The van der Waals surface area contributed by atoms with E-state index < -0.39 is 6.04 Å². The number of hydrogen-bond acceptors (Lipinski definition) is 3. The zero-order chi connectivity index (χ0) is 23.8. The average Bonchev–Trinajstić information content (AvgIpc) is 3.37. The van der Waals surface area contributed by atoms with Crippen molar-refractivity contribution in [2.24, 2.45) is 0 Å². The highest BCUT2D eigenvalue weighted by Crippen LogP contribution is 2.11. The summed E-state index contributed by atoms with van der Waals surface area (Å²) in [5, 5.41) is 6.38. The van der Waals surface area contributed by atoms with Gasteiger partial charge in [-0.1, -0.05) is 66.2 Å². The molecule has 4 aromatic rings. The molecule has 0 aliphatic rings. The maximum atomic E-state index is 13.1. The van der Waals surface area contributed by atoms with Crippen molar-refractivity contribution in [1.29, 1.82) is 0 Å². The minimum atomic E-state index is -0.717. The summed E-state index contributed by atoms with van der Waals surface area (Å²) in [7, 11) is 0. The lowest BCUT2D eigenvalue weighted by molar-refractivity contribution is -0.123. The van der Waals surface area contributed by atoms with Gasteiger partial charge in [0.05, 0.1) is 6.33 Å². The van der Waals surface area contributed by atoms with Gasteiger partial charge in [-0.2, -0.15) is 0 Å². The predicted molar refractivity (Wildman–Crippen MR) is 132 cm³/mol. The first kappa shape index (κ1) is 23.3. The molecule has 34 heavy (non-hydrogen) atoms. The lowest BCUT2D eigenvalue weighted by atomic mass is 10.0. The lowest BCUT2D eigenvalue weighted by Gasteiger charge is -2.19. The smallest absolute Gasteiger partial charge is 0.251 e. The fraction of sp³-hybridized carbons (Fsp3) is 0.148. The Balaban J connectivity index is 1.40. The Morgan fingerprint density at radius 2 is 1.59 bits per heavy atom. The van der Waals surface area contributed by atoms with Gasteiger partial charge in [-0.3, -0.25) is 9.59 Å². The number of carbonyl (C=O) groups excluding carboxylic acids is 2. The molecule has 7 heteroatoms. The molecule has 0 fully saturated rings. The normalized spacial score (nSPS) is 11.6. The van der Waals surface area contributed by atoms with Gasteiger partial charge in [0.25, 0.3) is 5.91 Å². The van der Waals surface area contributed by atoms with E-state index in [-0.39, 0.29) is 11.8 Å². The van der Waals surface area contributed by atoms with Crippen LogP contribution < -0.4 is 10.6 Å². The summed E-state index contributed by atoms with van der Waals surface area (Å²) < 4.78 is 1.99. The summed E-state index contributed by atoms with van der Waals surface area (Å²) in [6.45, 7) is 1.11. The predicted octanol–water partition coefficient (Wildman–Crippen LogP) is 4.24. The molecule has 0 saturated carbocycles. The van der Waals surface area contributed by atoms with E-state index in [1.807, 2.05) is 65.4 Å². The summed E-state index contributed by atoms with van der Waals surface area (Å²) in [5.41, 5.74) is 3.53. The van der Waals surface area contributed by atoms with Crippen LogP contribution in [0.25, 0.3) is 0 Å². The van der Waals surface area contributed by atoms with Gasteiger partial charge < -0.3 is 15.2 Å². The molecule has 1 heterocycles. The number of rotatable bonds is 9. The van der Waals surface area contributed by atoms with E-state index in [9.17, 15) is 9.59 Å². The highest BCUT2D eigenvalue weighted by atomic mass is 35.5. The summed E-state index contributed by atoms with van der Waals surface area (Å²) in [6, 6.07) is 23.5. The first-order chi connectivity index (χ1) is 16.6. The van der Waals surface area contributed by atoms with Crippen LogP contribution in [0.4, 0.5) is 0 Å². The van der Waals surface area contributed by atoms with Crippen molar-refractivity contribution >= 4 is 23.4 Å². The molecule has 0 saturated heterocycles. The Morgan fingerprint density at radius 3 is 2.26 bits per heavy atom. The Kier molecular flexibility index (Phi) is 7.73. The quantitative estimate of drug-likeness (QED) is 0.382. The fourth-order valence-corrected chi connectivity index (χ4v) is 3.69. The number of amides is 2. The van der Waals surface area contributed by atoms with Crippen molar-refractivity contribution in [3.63, 3.8) is 0 Å². The molecule has 6 nitrogen and oxygen atoms in total. The summed E-state index contributed by atoms with van der Waals surface area (Å²) in [5.74, 6) is -0.565. The second-order valence-corrected chi connectivity index (χ2v) is 8.43. The molecule has 1 aromatic heterocycles. The zero-order valence-electron chi connectivity index (χ0n) is 18.5. The van der Waals surface area contributed by atoms with Crippen LogP contribution in [0.1, 0.15) is 27.0 Å². The van der Waals surface area contributed by atoms with E-state index in [2.05, 4.69) is 15.6 Å². The van der Waals surface area contributed by atoms with E-state index in [1.165, 1.54) is 0 Å². The molecule has 2 N–H and O–H groups in total. The maximum Gasteiger partial charge on any atom is 0.251 e. The van der Waals surface area contributed by atoms with Crippen LogP contribution in [0.5, 0.6) is 0 Å². The number of halogens is 1. The van der Waals surface area contributed by atoms with Crippen LogP contribution in [0, 0.1) is 0 Å². The largest absolute Gasteiger partial charge is 0.350 e. The van der Waals surface area contributed by atoms with E-state index in [4.69, 9.17) is 11.6 Å². The minimum Gasteiger partial charge on any atom is -0.350 e. The standard InChI is InChI=1S/C27H25ClN4O2/c28-24-12-10-23(11-13-24)26(33)31-25(16-20-4-2-1-3-5-20)27(34)30-17-21-6-8-22(9-7-21)18-32-15-14-29-19-32/h1-15,19,25H,16-18H2,(H,30,34)(H,31,33). The van der Waals surface area contributed by atoms with Crippen LogP contribution in [0.15, 0.2) is 97.6 Å². The maximum absolute atomic E-state index is 13.1. The molecule has 172 valence electrons. The molecule has 1 atom stereocenters. The first-order valence-electron chi connectivity index (χ1n) is 11.0. The molecule has 0 aliphatic heterocycles. The third-order valence-electron chi connectivity index (χ3n) is 5.42. The number of imidazole rings is 1. The Hall–Kier alpha value is -3.90. The second kappa shape index (κ2) is 11.3. The molecular formula is C27H25ClN4O2. The van der Waals surface area contributed by atoms with Crippen molar-refractivity contribution in [2.45, 2.75) is 25.6 Å². The Labute approximate surface area is 203 Å². The van der Waals surface area contributed by atoms with Crippen molar-refractivity contribution in [3.8, 4) is 0 Å². The summed E-state index contributed by atoms with van der Waals surface area (Å²) in [6.07, 6.45) is 5.83. The zero-order valence-corrected chi connectivity index (χ0v) is 19.3. The second-order valence-electron chi connectivity index (χ2n) is 7.99. The number of nitrogens with zero attached hydrogens (tertiary/aromatic N) is 2. The molecule has 2 amide bonds. The van der Waals surface area contributed by atoms with E-state index in [0.29, 0.717) is 23.6 Å². The third-order valence-corrected chi connectivity index (χ3v) is 5.68. The van der Waals surface area contributed by atoms with Crippen molar-refractivity contribution < 1.29 is 9.59 Å². The highest BCUT2D eigenvalue weighted by Gasteiger charge is 2.22. The molecule has 0 aliphatic carbocycles. The van der Waals surface area contributed by atoms with Gasteiger partial charge in [0.2, 0.25) is 5.91 Å². The Bertz CT molecular complexity index is 1210. The topological polar surface area (TPSA) is 76.0 Å². The van der Waals surface area contributed by atoms with Gasteiger partial charge in [0.15, 0.2) is 0 Å². The van der Waals surface area contributed by atoms with Crippen LogP contribution in [-0.2, 0) is 24.3 Å². The van der Waals surface area contributed by atoms with Gasteiger partial charge in [-0.25, -0.2) is 4.98 Å². The number of hydrogen-bond donors (Lipinski definition) is 2.